The van der Waals surface area contributed by atoms with Crippen LogP contribution in [0.1, 0.15) is 0 Å². The third-order valence-electron chi connectivity index (χ3n) is 2.30. The summed E-state index contributed by atoms with van der Waals surface area (Å²) in [7, 11) is 0. The van der Waals surface area contributed by atoms with Crippen LogP contribution >= 0.6 is 47.8 Å². The van der Waals surface area contributed by atoms with Gasteiger partial charge in [0, 0.05) is 18.2 Å². The molecule has 1 aromatic carbocycles. The lowest BCUT2D eigenvalue weighted by Gasteiger charge is -2.17. The molecule has 0 heterocycles. The number of hydrogen-bond donors (Lipinski definition) is 0. The molecule has 0 saturated carbocycles. The zero-order valence-electron chi connectivity index (χ0n) is 11.9. The Morgan fingerprint density at radius 2 is 0.917 bits per heavy atom. The molecule has 1 rings (SSSR count). The molecule has 0 N–H and O–H groups in total. The molecule has 9 heteroatoms. The fourth-order valence-corrected chi connectivity index (χ4v) is 2.84. The number of esters is 3. The van der Waals surface area contributed by atoms with E-state index in [1.807, 2.05) is 0 Å². The molecule has 0 bridgehead atoms. The highest BCUT2D eigenvalue weighted by Crippen LogP contribution is 2.52. The van der Waals surface area contributed by atoms with Gasteiger partial charge >= 0.3 is 17.9 Å². The van der Waals surface area contributed by atoms with E-state index in [1.165, 1.54) is 0 Å². The second-order valence-electron chi connectivity index (χ2n) is 3.80. The highest BCUT2D eigenvalue weighted by atomic mass is 79.9. The Bertz CT molecular complexity index is 705. The highest BCUT2D eigenvalue weighted by Gasteiger charge is 2.28. The van der Waals surface area contributed by atoms with Crippen LogP contribution in [-0.4, -0.2) is 17.9 Å². The van der Waals surface area contributed by atoms with Crippen LogP contribution in [0, 0.1) is 0 Å². The molecule has 24 heavy (non-hydrogen) atoms. The normalized spacial score (nSPS) is 9.62. The van der Waals surface area contributed by atoms with Crippen molar-refractivity contribution >= 4 is 65.7 Å². The second-order valence-corrected chi connectivity index (χ2v) is 6.18. The fourth-order valence-electron chi connectivity index (χ4n) is 1.30. The monoisotopic (exact) mass is 522 g/mol. The summed E-state index contributed by atoms with van der Waals surface area (Å²) in [6, 6.07) is 0. The van der Waals surface area contributed by atoms with Gasteiger partial charge in [-0.25, -0.2) is 14.4 Å². The van der Waals surface area contributed by atoms with Gasteiger partial charge in [0.15, 0.2) is 11.5 Å². The topological polar surface area (TPSA) is 78.9 Å². The van der Waals surface area contributed by atoms with Crippen LogP contribution < -0.4 is 14.2 Å². The molecule has 0 aliphatic heterocycles. The van der Waals surface area contributed by atoms with E-state index in [-0.39, 0.29) is 26.2 Å². The number of carbonyl (C=O) groups excluding carboxylic acids is 3. The maximum Gasteiger partial charge on any atom is 0.335 e. The summed E-state index contributed by atoms with van der Waals surface area (Å²) < 4.78 is 16.0. The van der Waals surface area contributed by atoms with Gasteiger partial charge in [-0.1, -0.05) is 19.7 Å². The molecule has 0 aliphatic carbocycles. The molecule has 0 unspecified atom stereocenters. The van der Waals surface area contributed by atoms with E-state index in [2.05, 4.69) is 67.5 Å². The minimum Gasteiger partial charge on any atom is -0.418 e. The van der Waals surface area contributed by atoms with Gasteiger partial charge in [0.25, 0.3) is 0 Å². The van der Waals surface area contributed by atoms with Crippen molar-refractivity contribution in [3.63, 3.8) is 0 Å². The lowest BCUT2D eigenvalue weighted by molar-refractivity contribution is -0.132. The largest absolute Gasteiger partial charge is 0.418 e. The number of benzene rings is 1. The van der Waals surface area contributed by atoms with E-state index in [0.29, 0.717) is 4.47 Å². The van der Waals surface area contributed by atoms with Gasteiger partial charge in [0.1, 0.15) is 0 Å². The Hall–Kier alpha value is -1.71. The SMILES string of the molecule is C=CC(=O)Oc1c(Br)c(Br)c(Br)c(OC(=O)C=C)c1OC(=O)C=C. The van der Waals surface area contributed by atoms with E-state index in [4.69, 9.17) is 14.2 Å². The predicted octanol–water partition coefficient (Wildman–Crippen LogP) is 4.25. The van der Waals surface area contributed by atoms with Gasteiger partial charge in [-0.3, -0.25) is 0 Å². The van der Waals surface area contributed by atoms with E-state index in [9.17, 15) is 14.4 Å². The minimum atomic E-state index is -0.858. The first-order valence-corrected chi connectivity index (χ1v) is 8.37. The molecular weight excluding hydrogens is 516 g/mol. The summed E-state index contributed by atoms with van der Waals surface area (Å²) in [5.74, 6) is -3.20. The molecule has 0 spiro atoms. The first kappa shape index (κ1) is 20.3. The molecule has 6 nitrogen and oxygen atoms in total. The fraction of sp³-hybridized carbons (Fsp3) is 0. The Morgan fingerprint density at radius 1 is 0.625 bits per heavy atom. The average molecular weight is 525 g/mol. The molecule has 126 valence electrons. The van der Waals surface area contributed by atoms with Gasteiger partial charge < -0.3 is 14.2 Å². The summed E-state index contributed by atoms with van der Waals surface area (Å²) >= 11 is 9.64. The number of hydrogen-bond acceptors (Lipinski definition) is 6. The van der Waals surface area contributed by atoms with Crippen LogP contribution in [0.2, 0.25) is 0 Å². The van der Waals surface area contributed by atoms with E-state index in [0.717, 1.165) is 18.2 Å². The van der Waals surface area contributed by atoms with E-state index >= 15 is 0 Å². The van der Waals surface area contributed by atoms with Gasteiger partial charge in [0.05, 0.1) is 13.4 Å². The Morgan fingerprint density at radius 3 is 1.21 bits per heavy atom. The standard InChI is InChI=1S/C15H9Br3O6/c1-4-7(19)22-13-11(17)10(16)12(18)14(23-8(20)5-2)15(13)24-9(21)6-3/h4-6H,1-3H2. The van der Waals surface area contributed by atoms with E-state index < -0.39 is 17.9 Å². The van der Waals surface area contributed by atoms with Crippen molar-refractivity contribution in [2.24, 2.45) is 0 Å². The number of ether oxygens (including phenoxy) is 3. The maximum atomic E-state index is 11.6. The maximum absolute atomic E-state index is 11.6. The lowest BCUT2D eigenvalue weighted by Crippen LogP contribution is -2.13. The number of halogens is 3. The smallest absolute Gasteiger partial charge is 0.335 e. The van der Waals surface area contributed by atoms with Crippen molar-refractivity contribution in [2.75, 3.05) is 0 Å². The van der Waals surface area contributed by atoms with Crippen molar-refractivity contribution in [3.05, 3.63) is 51.4 Å². The van der Waals surface area contributed by atoms with Crippen LogP contribution in [0.4, 0.5) is 0 Å². The number of carbonyl (C=O) groups is 3. The first-order valence-electron chi connectivity index (χ1n) is 5.99. The molecule has 1 aromatic rings. The molecule has 0 radical (unpaired) electrons. The summed E-state index contributed by atoms with van der Waals surface area (Å²) in [5.41, 5.74) is 0. The third kappa shape index (κ3) is 4.65. The van der Waals surface area contributed by atoms with Crippen molar-refractivity contribution in [3.8, 4) is 17.2 Å². The number of rotatable bonds is 6. The van der Waals surface area contributed by atoms with Crippen LogP contribution in [-0.2, 0) is 14.4 Å². The molecule has 0 saturated heterocycles. The lowest BCUT2D eigenvalue weighted by atomic mass is 10.3. The van der Waals surface area contributed by atoms with Crippen molar-refractivity contribution < 1.29 is 28.6 Å². The van der Waals surface area contributed by atoms with Crippen molar-refractivity contribution in [1.82, 2.24) is 0 Å². The quantitative estimate of drug-likeness (QED) is 0.240. The minimum absolute atomic E-state index is 0.197. The highest BCUT2D eigenvalue weighted by molar-refractivity contribution is 9.14. The molecule has 0 aromatic heterocycles. The average Bonchev–Trinajstić information content (AvgIpc) is 2.58. The van der Waals surface area contributed by atoms with Gasteiger partial charge in [0.2, 0.25) is 5.75 Å². The van der Waals surface area contributed by atoms with Gasteiger partial charge in [-0.2, -0.15) is 0 Å². The summed E-state index contributed by atoms with van der Waals surface area (Å²) in [6.45, 7) is 9.85. The zero-order chi connectivity index (χ0) is 18.4. The van der Waals surface area contributed by atoms with Crippen LogP contribution in [0.5, 0.6) is 17.2 Å². The molecule has 0 amide bonds. The molecular formula is C15H9Br3O6. The first-order chi connectivity index (χ1) is 11.3. The van der Waals surface area contributed by atoms with Crippen molar-refractivity contribution in [1.29, 1.82) is 0 Å². The molecule has 0 fully saturated rings. The predicted molar refractivity (Wildman–Crippen MR) is 97.0 cm³/mol. The molecule has 0 aliphatic rings. The van der Waals surface area contributed by atoms with E-state index in [1.54, 1.807) is 0 Å². The van der Waals surface area contributed by atoms with Crippen LogP contribution in [0.15, 0.2) is 51.4 Å². The Balaban J connectivity index is 3.69. The van der Waals surface area contributed by atoms with Crippen LogP contribution in [0.3, 0.4) is 0 Å². The molecule has 0 atom stereocenters. The summed E-state index contributed by atoms with van der Waals surface area (Å²) in [5, 5.41) is 0. The van der Waals surface area contributed by atoms with Gasteiger partial charge in [-0.05, 0) is 47.8 Å². The third-order valence-corrected chi connectivity index (χ3v) is 5.67. The zero-order valence-corrected chi connectivity index (χ0v) is 16.7. The van der Waals surface area contributed by atoms with Gasteiger partial charge in [-0.15, -0.1) is 0 Å². The summed E-state index contributed by atoms with van der Waals surface area (Å²) in [6.07, 6.45) is 2.72. The second kappa shape index (κ2) is 8.95. The van der Waals surface area contributed by atoms with Crippen LogP contribution in [0.25, 0.3) is 0 Å². The van der Waals surface area contributed by atoms with Crippen molar-refractivity contribution in [2.45, 2.75) is 0 Å². The summed E-state index contributed by atoms with van der Waals surface area (Å²) in [4.78, 5) is 34.7. The Labute approximate surface area is 162 Å². The Kier molecular flexibility index (Phi) is 7.59.